The van der Waals surface area contributed by atoms with Gasteiger partial charge in [0.15, 0.2) is 28.8 Å². The maximum absolute atomic E-state index is 15.2. The molecule has 3 aromatic carbocycles. The number of rotatable bonds is 11. The Bertz CT molecular complexity index is 1960. The second-order valence-corrected chi connectivity index (χ2v) is 11.1. The maximum atomic E-state index is 15.2. The highest BCUT2D eigenvalue weighted by Gasteiger charge is 2.18. The number of hydrogen-bond acceptors (Lipinski definition) is 9. The molecule has 0 atom stereocenters. The van der Waals surface area contributed by atoms with E-state index in [0.29, 0.717) is 51.4 Å². The highest BCUT2D eigenvalue weighted by Crippen LogP contribution is 2.39. The average Bonchev–Trinajstić information content (AvgIpc) is 3.42. The van der Waals surface area contributed by atoms with Crippen molar-refractivity contribution in [2.45, 2.75) is 19.8 Å². The average molecular weight is 646 g/mol. The summed E-state index contributed by atoms with van der Waals surface area (Å²) in [6.45, 7) is 6.48. The number of benzene rings is 3. The SMILES string of the molecule is COc1cc2c(Oc3ccc(CC(=O)N=Nc4c(O)[nH]c5c(C)ccc(F)c45)cc3F)ccnc2cc1OCCCN1CCOCC1. The zero-order valence-electron chi connectivity index (χ0n) is 25.9. The number of hydrogen-bond donors (Lipinski definition) is 2. The van der Waals surface area contributed by atoms with Gasteiger partial charge in [0.25, 0.3) is 5.91 Å². The van der Waals surface area contributed by atoms with Crippen molar-refractivity contribution >= 4 is 33.4 Å². The molecule has 0 saturated carbocycles. The van der Waals surface area contributed by atoms with Gasteiger partial charge in [0, 0.05) is 37.3 Å². The van der Waals surface area contributed by atoms with E-state index in [9.17, 15) is 14.3 Å². The summed E-state index contributed by atoms with van der Waals surface area (Å²) < 4.78 is 52.5. The third-order valence-corrected chi connectivity index (χ3v) is 7.87. The Balaban J connectivity index is 1.12. The first kappa shape index (κ1) is 31.8. The standard InChI is InChI=1S/C34H33F2N5O6/c1-20-4-6-23(35)31-32(20)38-34(43)33(31)40-39-30(42)17-21-5-7-27(24(36)16-21)47-26-8-9-37-25-19-29(28(44-2)18-22(25)26)46-13-3-10-41-11-14-45-15-12-41/h4-9,16,18-19,38,43H,3,10-15,17H2,1-2H3. The van der Waals surface area contributed by atoms with E-state index in [0.717, 1.165) is 39.3 Å². The molecular formula is C34H33F2N5O6. The second-order valence-electron chi connectivity index (χ2n) is 11.1. The Hall–Kier alpha value is -5.14. The number of H-pyrrole nitrogens is 1. The summed E-state index contributed by atoms with van der Waals surface area (Å²) >= 11 is 0. The van der Waals surface area contributed by atoms with E-state index < -0.39 is 23.4 Å². The quantitative estimate of drug-likeness (QED) is 0.119. The van der Waals surface area contributed by atoms with Gasteiger partial charge in [-0.25, -0.2) is 8.78 Å². The smallest absolute Gasteiger partial charge is 0.269 e. The van der Waals surface area contributed by atoms with Crippen molar-refractivity contribution in [3.05, 3.63) is 77.5 Å². The van der Waals surface area contributed by atoms with Gasteiger partial charge in [0.1, 0.15) is 11.6 Å². The highest BCUT2D eigenvalue weighted by atomic mass is 19.1. The molecule has 0 aliphatic carbocycles. The van der Waals surface area contributed by atoms with E-state index in [1.807, 2.05) is 0 Å². The lowest BCUT2D eigenvalue weighted by molar-refractivity contribution is -0.117. The molecule has 1 aliphatic heterocycles. The van der Waals surface area contributed by atoms with Gasteiger partial charge in [-0.2, -0.15) is 0 Å². The number of carbonyl (C=O) groups is 1. The number of aromatic hydroxyl groups is 1. The van der Waals surface area contributed by atoms with Crippen LogP contribution in [0.2, 0.25) is 0 Å². The molecule has 244 valence electrons. The fourth-order valence-electron chi connectivity index (χ4n) is 5.42. The predicted octanol–water partition coefficient (Wildman–Crippen LogP) is 6.76. The summed E-state index contributed by atoms with van der Waals surface area (Å²) in [4.78, 5) is 22.0. The Morgan fingerprint density at radius 2 is 1.87 bits per heavy atom. The molecule has 6 rings (SSSR count). The van der Waals surface area contributed by atoms with Gasteiger partial charge in [-0.05, 0) is 54.8 Å². The van der Waals surface area contributed by atoms with Crippen LogP contribution in [0.1, 0.15) is 17.5 Å². The van der Waals surface area contributed by atoms with E-state index in [-0.39, 0.29) is 23.2 Å². The Morgan fingerprint density at radius 3 is 2.66 bits per heavy atom. The molecule has 1 aliphatic rings. The number of fused-ring (bicyclic) bond motifs is 2. The summed E-state index contributed by atoms with van der Waals surface area (Å²) in [5.74, 6) is -1.13. The molecule has 2 aromatic heterocycles. The first-order valence-electron chi connectivity index (χ1n) is 15.1. The topological polar surface area (TPSA) is 131 Å². The normalized spacial score (nSPS) is 13.9. The number of aromatic amines is 1. The van der Waals surface area contributed by atoms with E-state index in [4.69, 9.17) is 18.9 Å². The van der Waals surface area contributed by atoms with Crippen molar-refractivity contribution in [1.29, 1.82) is 0 Å². The highest BCUT2D eigenvalue weighted by molar-refractivity contribution is 5.96. The lowest BCUT2D eigenvalue weighted by atomic mass is 10.1. The fourth-order valence-corrected chi connectivity index (χ4v) is 5.42. The predicted molar refractivity (Wildman–Crippen MR) is 170 cm³/mol. The third-order valence-electron chi connectivity index (χ3n) is 7.87. The summed E-state index contributed by atoms with van der Waals surface area (Å²) in [6, 6.07) is 12.0. The van der Waals surface area contributed by atoms with Crippen LogP contribution in [0.5, 0.6) is 28.9 Å². The van der Waals surface area contributed by atoms with Crippen molar-refractivity contribution in [2.75, 3.05) is 46.6 Å². The number of azo groups is 1. The summed E-state index contributed by atoms with van der Waals surface area (Å²) in [5, 5.41) is 18.2. The van der Waals surface area contributed by atoms with Crippen LogP contribution in [-0.2, 0) is 16.0 Å². The van der Waals surface area contributed by atoms with E-state index in [1.54, 1.807) is 44.5 Å². The lowest BCUT2D eigenvalue weighted by Crippen LogP contribution is -2.37. The van der Waals surface area contributed by atoms with Gasteiger partial charge >= 0.3 is 0 Å². The molecule has 0 spiro atoms. The maximum Gasteiger partial charge on any atom is 0.269 e. The minimum atomic E-state index is -0.716. The zero-order valence-corrected chi connectivity index (χ0v) is 25.9. The first-order chi connectivity index (χ1) is 22.8. The van der Waals surface area contributed by atoms with Gasteiger partial charge in [0.2, 0.25) is 5.88 Å². The van der Waals surface area contributed by atoms with Gasteiger partial charge in [-0.1, -0.05) is 12.1 Å². The number of aryl methyl sites for hydroxylation is 1. The molecule has 2 N–H and O–H groups in total. The second kappa shape index (κ2) is 14.1. The van der Waals surface area contributed by atoms with Crippen LogP contribution in [0.3, 0.4) is 0 Å². The lowest BCUT2D eigenvalue weighted by Gasteiger charge is -2.26. The van der Waals surface area contributed by atoms with Crippen molar-refractivity contribution in [3.63, 3.8) is 0 Å². The van der Waals surface area contributed by atoms with Crippen LogP contribution in [0.25, 0.3) is 21.8 Å². The molecule has 11 nitrogen and oxygen atoms in total. The number of carbonyl (C=O) groups excluding carboxylic acids is 1. The number of ether oxygens (including phenoxy) is 4. The number of nitrogens with one attached hydrogen (secondary N) is 1. The molecule has 13 heteroatoms. The number of amides is 1. The molecule has 5 aromatic rings. The molecular weight excluding hydrogens is 612 g/mol. The van der Waals surface area contributed by atoms with Crippen molar-refractivity contribution in [1.82, 2.24) is 14.9 Å². The molecule has 47 heavy (non-hydrogen) atoms. The molecule has 0 bridgehead atoms. The molecule has 0 unspecified atom stereocenters. The number of aromatic nitrogens is 2. The van der Waals surface area contributed by atoms with Crippen LogP contribution < -0.4 is 14.2 Å². The van der Waals surface area contributed by atoms with Crippen LogP contribution in [0.4, 0.5) is 14.5 Å². The molecule has 1 saturated heterocycles. The molecule has 1 amide bonds. The Labute approximate surface area is 268 Å². The van der Waals surface area contributed by atoms with Crippen LogP contribution in [-0.4, -0.2) is 72.4 Å². The summed E-state index contributed by atoms with van der Waals surface area (Å²) in [6.07, 6.45) is 2.12. The number of halogens is 2. The van der Waals surface area contributed by atoms with E-state index >= 15 is 4.39 Å². The largest absolute Gasteiger partial charge is 0.493 e. The van der Waals surface area contributed by atoms with E-state index in [2.05, 4.69) is 25.1 Å². The number of methoxy groups -OCH3 is 1. The van der Waals surface area contributed by atoms with Gasteiger partial charge in [0.05, 0.1) is 49.8 Å². The molecule has 1 fully saturated rings. The number of morpholine rings is 1. The minimum absolute atomic E-state index is 0.0241. The van der Waals surface area contributed by atoms with Gasteiger partial charge < -0.3 is 29.0 Å². The van der Waals surface area contributed by atoms with Crippen LogP contribution >= 0.6 is 0 Å². The summed E-state index contributed by atoms with van der Waals surface area (Å²) in [7, 11) is 1.54. The van der Waals surface area contributed by atoms with Crippen molar-refractivity contribution in [3.8, 4) is 28.9 Å². The van der Waals surface area contributed by atoms with Crippen molar-refractivity contribution in [2.24, 2.45) is 10.2 Å². The number of nitrogens with zero attached hydrogens (tertiary/aromatic N) is 4. The van der Waals surface area contributed by atoms with Crippen molar-refractivity contribution < 1.29 is 37.6 Å². The van der Waals surface area contributed by atoms with Gasteiger partial charge in [-0.3, -0.25) is 14.7 Å². The molecule has 0 radical (unpaired) electrons. The van der Waals surface area contributed by atoms with Gasteiger partial charge in [-0.15, -0.1) is 10.2 Å². The van der Waals surface area contributed by atoms with Crippen LogP contribution in [0.15, 0.2) is 65.0 Å². The minimum Gasteiger partial charge on any atom is -0.493 e. The molecule has 3 heterocycles. The zero-order chi connectivity index (χ0) is 32.9. The Kier molecular flexibility index (Phi) is 9.55. The van der Waals surface area contributed by atoms with Crippen LogP contribution in [0, 0.1) is 18.6 Å². The number of pyridine rings is 1. The summed E-state index contributed by atoms with van der Waals surface area (Å²) in [5.41, 5.74) is 1.75. The monoisotopic (exact) mass is 645 g/mol. The van der Waals surface area contributed by atoms with E-state index in [1.165, 1.54) is 24.3 Å². The fraction of sp³-hybridized carbons (Fsp3) is 0.294. The first-order valence-corrected chi connectivity index (χ1v) is 15.1. The third kappa shape index (κ3) is 7.16. The Morgan fingerprint density at radius 1 is 1.04 bits per heavy atom.